The molecule has 10 aromatic carbocycles. The molecular weight excluding hydrogens is 735 g/mol. The van der Waals surface area contributed by atoms with Crippen LogP contribution in [0.2, 0.25) is 0 Å². The summed E-state index contributed by atoms with van der Waals surface area (Å²) < 4.78 is 0. The Labute approximate surface area is 359 Å². The molecule has 10 rings (SSSR count). The van der Waals surface area contributed by atoms with Gasteiger partial charge in [-0.15, -0.1) is 0 Å². The molecule has 0 heterocycles. The van der Waals surface area contributed by atoms with Gasteiger partial charge in [0.05, 0.1) is 0 Å². The van der Waals surface area contributed by atoms with Gasteiger partial charge in [-0.1, -0.05) is 206 Å². The molecule has 0 atom stereocenters. The Balaban J connectivity index is 1.01. The molecule has 0 spiro atoms. The fourth-order valence-corrected chi connectivity index (χ4v) is 8.41. The second kappa shape index (κ2) is 17.1. The van der Waals surface area contributed by atoms with Crippen LogP contribution < -0.4 is 4.90 Å². The minimum absolute atomic E-state index is 1.10. The van der Waals surface area contributed by atoms with Crippen LogP contribution >= 0.6 is 0 Å². The fraction of sp³-hybridized carbons (Fsp3) is 0. The van der Waals surface area contributed by atoms with E-state index in [0.717, 1.165) is 22.6 Å². The highest BCUT2D eigenvalue weighted by atomic mass is 15.1. The Morgan fingerprint density at radius 3 is 0.984 bits per heavy atom. The van der Waals surface area contributed by atoms with Crippen molar-refractivity contribution in [3.8, 4) is 77.9 Å². The van der Waals surface area contributed by atoms with E-state index < -0.39 is 0 Å². The second-order valence-corrected chi connectivity index (χ2v) is 15.3. The minimum atomic E-state index is 1.10. The Kier molecular flexibility index (Phi) is 10.4. The molecular formula is C60H43N. The molecule has 61 heavy (non-hydrogen) atoms. The van der Waals surface area contributed by atoms with Gasteiger partial charge in [-0.3, -0.25) is 0 Å². The molecule has 0 aliphatic heterocycles. The molecule has 1 nitrogen and oxygen atoms in total. The first-order chi connectivity index (χ1) is 30.2. The highest BCUT2D eigenvalue weighted by molar-refractivity contribution is 5.98. The van der Waals surface area contributed by atoms with Gasteiger partial charge >= 0.3 is 0 Å². The lowest BCUT2D eigenvalue weighted by atomic mass is 9.84. The Morgan fingerprint density at radius 1 is 0.180 bits per heavy atom. The SMILES string of the molecule is c1ccc(-c2ccc(-c3ccc(N(c4ccccc4)c4ccc(-c5cccc(-c6cc(-c7ccccc7)cc(-c7ccccc7)c6-c6ccccc6)c5)cc4)cc3)cc2)cc1. The number of para-hydroxylation sites is 1. The molecule has 0 radical (unpaired) electrons. The van der Waals surface area contributed by atoms with Crippen molar-refractivity contribution in [1.82, 2.24) is 0 Å². The number of anilines is 3. The van der Waals surface area contributed by atoms with Gasteiger partial charge < -0.3 is 4.90 Å². The van der Waals surface area contributed by atoms with Crippen molar-refractivity contribution in [3.05, 3.63) is 261 Å². The third-order valence-corrected chi connectivity index (χ3v) is 11.5. The third kappa shape index (κ3) is 7.93. The monoisotopic (exact) mass is 777 g/mol. The lowest BCUT2D eigenvalue weighted by molar-refractivity contribution is 1.28. The quantitative estimate of drug-likeness (QED) is 0.134. The van der Waals surface area contributed by atoms with Crippen LogP contribution in [0.25, 0.3) is 77.9 Å². The zero-order valence-electron chi connectivity index (χ0n) is 33.8. The second-order valence-electron chi connectivity index (χ2n) is 15.3. The van der Waals surface area contributed by atoms with Crippen LogP contribution in [0.1, 0.15) is 0 Å². The smallest absolute Gasteiger partial charge is 0.0462 e. The predicted octanol–water partition coefficient (Wildman–Crippen LogP) is 16.8. The molecule has 0 unspecified atom stereocenters. The van der Waals surface area contributed by atoms with E-state index >= 15 is 0 Å². The molecule has 0 aliphatic carbocycles. The van der Waals surface area contributed by atoms with E-state index in [2.05, 4.69) is 266 Å². The average Bonchev–Trinajstić information content (AvgIpc) is 3.35. The zero-order chi connectivity index (χ0) is 40.8. The van der Waals surface area contributed by atoms with Crippen molar-refractivity contribution in [2.75, 3.05) is 4.90 Å². The topological polar surface area (TPSA) is 3.24 Å². The summed E-state index contributed by atoms with van der Waals surface area (Å²) in [6.45, 7) is 0. The van der Waals surface area contributed by atoms with Gasteiger partial charge in [-0.2, -0.15) is 0 Å². The van der Waals surface area contributed by atoms with Crippen LogP contribution in [0.3, 0.4) is 0 Å². The van der Waals surface area contributed by atoms with Crippen molar-refractivity contribution < 1.29 is 0 Å². The van der Waals surface area contributed by atoms with Crippen molar-refractivity contribution in [2.45, 2.75) is 0 Å². The molecule has 0 aliphatic rings. The van der Waals surface area contributed by atoms with Crippen molar-refractivity contribution in [1.29, 1.82) is 0 Å². The lowest BCUT2D eigenvalue weighted by Gasteiger charge is -2.26. The maximum atomic E-state index is 2.37. The van der Waals surface area contributed by atoms with E-state index in [1.165, 1.54) is 72.3 Å². The highest BCUT2D eigenvalue weighted by Crippen LogP contribution is 2.44. The lowest BCUT2D eigenvalue weighted by Crippen LogP contribution is -2.09. The molecule has 0 aromatic heterocycles. The average molecular weight is 778 g/mol. The van der Waals surface area contributed by atoms with E-state index in [1.54, 1.807) is 0 Å². The Hall–Kier alpha value is -8.00. The Bertz CT molecular complexity index is 3000. The summed E-state index contributed by atoms with van der Waals surface area (Å²) in [6, 6.07) is 93.9. The summed E-state index contributed by atoms with van der Waals surface area (Å²) >= 11 is 0. The number of nitrogens with zero attached hydrogens (tertiary/aromatic N) is 1. The van der Waals surface area contributed by atoms with Gasteiger partial charge in [-0.05, 0) is 132 Å². The summed E-state index contributed by atoms with van der Waals surface area (Å²) in [4.78, 5) is 2.33. The summed E-state index contributed by atoms with van der Waals surface area (Å²) in [7, 11) is 0. The largest absolute Gasteiger partial charge is 0.311 e. The molecule has 1 heteroatoms. The predicted molar refractivity (Wildman–Crippen MR) is 259 cm³/mol. The maximum Gasteiger partial charge on any atom is 0.0462 e. The standard InChI is InChI=1S/C60H43N/c1-6-17-44(18-7-1)46-29-31-47(32-30-46)48-33-37-56(38-34-48)61(55-27-14-5-15-28-55)57-39-35-49(36-40-57)52-25-16-26-53(41-52)59-43-54(45-19-8-2-9-20-45)42-58(50-21-10-3-11-22-50)60(59)51-23-12-4-13-24-51/h1-43H. The number of hydrogen-bond acceptors (Lipinski definition) is 1. The van der Waals surface area contributed by atoms with Gasteiger partial charge in [0, 0.05) is 17.1 Å². The maximum absolute atomic E-state index is 2.37. The van der Waals surface area contributed by atoms with E-state index in [1.807, 2.05) is 0 Å². The molecule has 0 fully saturated rings. The van der Waals surface area contributed by atoms with Crippen LogP contribution in [0, 0.1) is 0 Å². The van der Waals surface area contributed by atoms with Crippen LogP contribution in [0.5, 0.6) is 0 Å². The molecule has 0 saturated carbocycles. The van der Waals surface area contributed by atoms with E-state index in [4.69, 9.17) is 0 Å². The normalized spacial score (nSPS) is 11.0. The van der Waals surface area contributed by atoms with Gasteiger partial charge in [0.15, 0.2) is 0 Å². The van der Waals surface area contributed by atoms with Crippen LogP contribution in [-0.4, -0.2) is 0 Å². The van der Waals surface area contributed by atoms with Crippen molar-refractivity contribution >= 4 is 17.1 Å². The summed E-state index contributed by atoms with van der Waals surface area (Å²) in [5, 5.41) is 0. The van der Waals surface area contributed by atoms with Crippen LogP contribution in [-0.2, 0) is 0 Å². The van der Waals surface area contributed by atoms with Crippen LogP contribution in [0.15, 0.2) is 261 Å². The fourth-order valence-electron chi connectivity index (χ4n) is 8.41. The molecule has 0 saturated heterocycles. The molecule has 10 aromatic rings. The number of hydrogen-bond donors (Lipinski definition) is 0. The first kappa shape index (κ1) is 37.3. The van der Waals surface area contributed by atoms with Crippen molar-refractivity contribution in [3.63, 3.8) is 0 Å². The molecule has 288 valence electrons. The van der Waals surface area contributed by atoms with Gasteiger partial charge in [-0.25, -0.2) is 0 Å². The van der Waals surface area contributed by atoms with E-state index in [-0.39, 0.29) is 0 Å². The Morgan fingerprint density at radius 2 is 0.492 bits per heavy atom. The molecule has 0 bridgehead atoms. The highest BCUT2D eigenvalue weighted by Gasteiger charge is 2.18. The van der Waals surface area contributed by atoms with Gasteiger partial charge in [0.1, 0.15) is 0 Å². The van der Waals surface area contributed by atoms with E-state index in [0.29, 0.717) is 0 Å². The summed E-state index contributed by atoms with van der Waals surface area (Å²) in [6.07, 6.45) is 0. The zero-order valence-corrected chi connectivity index (χ0v) is 33.8. The summed E-state index contributed by atoms with van der Waals surface area (Å²) in [5.41, 5.74) is 20.1. The first-order valence-electron chi connectivity index (χ1n) is 20.9. The first-order valence-corrected chi connectivity index (χ1v) is 20.9. The van der Waals surface area contributed by atoms with Gasteiger partial charge in [0.25, 0.3) is 0 Å². The summed E-state index contributed by atoms with van der Waals surface area (Å²) in [5.74, 6) is 0. The molecule has 0 N–H and O–H groups in total. The minimum Gasteiger partial charge on any atom is -0.311 e. The van der Waals surface area contributed by atoms with Crippen LogP contribution in [0.4, 0.5) is 17.1 Å². The van der Waals surface area contributed by atoms with Gasteiger partial charge in [0.2, 0.25) is 0 Å². The number of rotatable bonds is 10. The van der Waals surface area contributed by atoms with Crippen molar-refractivity contribution in [2.24, 2.45) is 0 Å². The number of benzene rings is 10. The third-order valence-electron chi connectivity index (χ3n) is 11.5. The molecule has 0 amide bonds. The van der Waals surface area contributed by atoms with E-state index in [9.17, 15) is 0 Å².